The van der Waals surface area contributed by atoms with Crippen LogP contribution in [0.4, 0.5) is 45.2 Å². The average Bonchev–Trinajstić information content (AvgIpc) is 3.14. The minimum atomic E-state index is -7.43. The fourth-order valence-electron chi connectivity index (χ4n) is 2.81. The third-order valence-electron chi connectivity index (χ3n) is 4.43. The Balaban J connectivity index is 0.000000330. The molecule has 0 radical (unpaired) electrons. The van der Waals surface area contributed by atoms with Gasteiger partial charge in [0, 0.05) is 36.3 Å². The first-order valence-electron chi connectivity index (χ1n) is 9.44. The van der Waals surface area contributed by atoms with Crippen LogP contribution in [0.5, 0.6) is 0 Å². The van der Waals surface area contributed by atoms with E-state index in [-0.39, 0.29) is 0 Å². The molecule has 0 unspecified atom stereocenters. The molecule has 5 nitrogen and oxygen atoms in total. The van der Waals surface area contributed by atoms with Crippen molar-refractivity contribution in [3.05, 3.63) is 24.5 Å². The molecule has 0 atom stereocenters. The largest absolute Gasteiger partial charge is 0.743 e. The smallest absolute Gasteiger partial charge is 0.460 e. The Bertz CT molecular complexity index is 890. The molecule has 0 aliphatic carbocycles. The Hall–Kier alpha value is -1.77. The first-order valence-corrected chi connectivity index (χ1v) is 10.8. The lowest BCUT2D eigenvalue weighted by atomic mass is 9.97. The molecule has 1 aromatic rings. The number of rotatable bonds is 5. The molecule has 1 aromatic heterocycles. The van der Waals surface area contributed by atoms with Crippen LogP contribution in [0.3, 0.4) is 0 Å². The number of alkyl halides is 9. The molecule has 0 spiro atoms. The Labute approximate surface area is 184 Å². The van der Waals surface area contributed by atoms with Gasteiger partial charge in [-0.05, 0) is 12.8 Å². The quantitative estimate of drug-likeness (QED) is 0.325. The Morgan fingerprint density at radius 1 is 0.879 bits per heavy atom. The third kappa shape index (κ3) is 6.64. The van der Waals surface area contributed by atoms with Gasteiger partial charge in [-0.2, -0.15) is 39.5 Å². The molecule has 2 heterocycles. The Kier molecular flexibility index (Phi) is 8.40. The van der Waals surface area contributed by atoms with Crippen LogP contribution < -0.4 is 9.47 Å². The second-order valence-electron chi connectivity index (χ2n) is 8.60. The molecule has 0 amide bonds. The summed E-state index contributed by atoms with van der Waals surface area (Å²) in [4.78, 5) is 2.47. The molecule has 0 N–H and O–H groups in total. The summed E-state index contributed by atoms with van der Waals surface area (Å²) in [6, 6.07) is 4.49. The van der Waals surface area contributed by atoms with Gasteiger partial charge in [-0.15, -0.1) is 0 Å². The van der Waals surface area contributed by atoms with Gasteiger partial charge in [-0.1, -0.05) is 20.8 Å². The molecule has 2 rings (SSSR count). The van der Waals surface area contributed by atoms with Crippen molar-refractivity contribution in [2.45, 2.75) is 63.4 Å². The molecule has 15 heteroatoms. The Morgan fingerprint density at radius 3 is 1.64 bits per heavy atom. The van der Waals surface area contributed by atoms with E-state index in [2.05, 4.69) is 54.8 Å². The van der Waals surface area contributed by atoms with Crippen molar-refractivity contribution < 1.29 is 57.1 Å². The summed E-state index contributed by atoms with van der Waals surface area (Å²) in [5.41, 5.74) is 1.72. The fraction of sp³-hybridized carbons (Fsp3) is 0.722. The fourth-order valence-corrected chi connectivity index (χ4v) is 3.25. The number of hydrogen-bond donors (Lipinski definition) is 0. The lowest BCUT2D eigenvalue weighted by Gasteiger charge is -2.34. The molecule has 33 heavy (non-hydrogen) atoms. The predicted molar refractivity (Wildman–Crippen MR) is 98.1 cm³/mol. The van der Waals surface area contributed by atoms with E-state index >= 15 is 0 Å². The zero-order valence-electron chi connectivity index (χ0n) is 17.8. The summed E-state index contributed by atoms with van der Waals surface area (Å²) in [5, 5.41) is -7.11. The first-order chi connectivity index (χ1) is 14.5. The first kappa shape index (κ1) is 29.3. The lowest BCUT2D eigenvalue weighted by molar-refractivity contribution is -0.708. The van der Waals surface area contributed by atoms with Crippen LogP contribution in [0, 0.1) is 5.41 Å². The van der Waals surface area contributed by atoms with Gasteiger partial charge in [0.1, 0.15) is 0 Å². The van der Waals surface area contributed by atoms with E-state index in [4.69, 9.17) is 0 Å². The number of aromatic nitrogens is 1. The summed E-state index contributed by atoms with van der Waals surface area (Å²) < 4.78 is 138. The predicted octanol–water partition coefficient (Wildman–Crippen LogP) is 4.58. The highest BCUT2D eigenvalue weighted by Crippen LogP contribution is 2.54. The van der Waals surface area contributed by atoms with E-state index in [9.17, 15) is 52.5 Å². The minimum Gasteiger partial charge on any atom is -0.743 e. The van der Waals surface area contributed by atoms with Gasteiger partial charge in [0.25, 0.3) is 0 Å². The lowest BCUT2D eigenvalue weighted by Crippen LogP contribution is -2.63. The van der Waals surface area contributed by atoms with Gasteiger partial charge in [-0.3, -0.25) is 0 Å². The SMILES string of the molecule is CC(C)(C)C[n+]1ccc(N2CCCC2)cc1.O=S(=O)([O-])C(F)(F)C(F)(F)C(F)(F)C(F)(F)F. The monoisotopic (exact) mass is 518 g/mol. The second-order valence-corrected chi connectivity index (χ2v) is 10.0. The van der Waals surface area contributed by atoms with E-state index in [0.29, 0.717) is 5.41 Å². The van der Waals surface area contributed by atoms with Crippen LogP contribution in [-0.4, -0.2) is 49.3 Å². The zero-order chi connectivity index (χ0) is 26.1. The normalized spacial score (nSPS) is 16.5. The molecule has 1 aliphatic rings. The maximum atomic E-state index is 12.2. The van der Waals surface area contributed by atoms with Crippen LogP contribution in [0.15, 0.2) is 24.5 Å². The highest BCUT2D eigenvalue weighted by molar-refractivity contribution is 7.86. The summed E-state index contributed by atoms with van der Waals surface area (Å²) in [5.74, 6) is -14.8. The molecule has 1 saturated heterocycles. The van der Waals surface area contributed by atoms with E-state index in [0.717, 1.165) is 6.54 Å². The van der Waals surface area contributed by atoms with Crippen LogP contribution in [-0.2, 0) is 16.7 Å². The highest BCUT2D eigenvalue weighted by atomic mass is 32.2. The molecule has 192 valence electrons. The van der Waals surface area contributed by atoms with E-state index in [1.165, 1.54) is 31.6 Å². The molecular formula is C18H23F9N2O3S. The average molecular weight is 518 g/mol. The third-order valence-corrected chi connectivity index (χ3v) is 5.32. The van der Waals surface area contributed by atoms with E-state index in [1.807, 2.05) is 0 Å². The van der Waals surface area contributed by atoms with Crippen LogP contribution >= 0.6 is 0 Å². The van der Waals surface area contributed by atoms with Crippen LogP contribution in [0.2, 0.25) is 0 Å². The van der Waals surface area contributed by atoms with E-state index < -0.39 is 33.4 Å². The molecule has 1 aliphatic heterocycles. The van der Waals surface area contributed by atoms with Gasteiger partial charge in [0.15, 0.2) is 29.1 Å². The van der Waals surface area contributed by atoms with Gasteiger partial charge >= 0.3 is 23.3 Å². The van der Waals surface area contributed by atoms with Crippen molar-refractivity contribution in [2.24, 2.45) is 5.41 Å². The molecule has 0 bridgehead atoms. The minimum absolute atomic E-state index is 0.347. The van der Waals surface area contributed by atoms with Crippen molar-refractivity contribution in [3.63, 3.8) is 0 Å². The number of hydrogen-bond acceptors (Lipinski definition) is 4. The van der Waals surface area contributed by atoms with Crippen molar-refractivity contribution >= 4 is 15.8 Å². The summed E-state index contributed by atoms with van der Waals surface area (Å²) in [6.45, 7) is 10.3. The number of nitrogens with zero attached hydrogens (tertiary/aromatic N) is 2. The van der Waals surface area contributed by atoms with Gasteiger partial charge in [-0.25, -0.2) is 13.0 Å². The van der Waals surface area contributed by atoms with Crippen molar-refractivity contribution in [3.8, 4) is 0 Å². The molecule has 0 aromatic carbocycles. The van der Waals surface area contributed by atoms with Gasteiger partial charge < -0.3 is 9.45 Å². The summed E-state index contributed by atoms with van der Waals surface area (Å²) in [7, 11) is -7.42. The number of anilines is 1. The molecule has 1 fully saturated rings. The summed E-state index contributed by atoms with van der Waals surface area (Å²) >= 11 is 0. The van der Waals surface area contributed by atoms with E-state index in [1.54, 1.807) is 0 Å². The van der Waals surface area contributed by atoms with Crippen LogP contribution in [0.25, 0.3) is 0 Å². The van der Waals surface area contributed by atoms with Gasteiger partial charge in [0.2, 0.25) is 0 Å². The maximum Gasteiger partial charge on any atom is 0.460 e. The number of halogens is 9. The Morgan fingerprint density at radius 2 is 1.30 bits per heavy atom. The van der Waals surface area contributed by atoms with Crippen LogP contribution in [0.1, 0.15) is 33.6 Å². The highest BCUT2D eigenvalue weighted by Gasteiger charge is 2.83. The summed E-state index contributed by atoms with van der Waals surface area (Å²) in [6.07, 6.45) is -0.0593. The van der Waals surface area contributed by atoms with Crippen molar-refractivity contribution in [1.29, 1.82) is 0 Å². The second kappa shape index (κ2) is 9.47. The van der Waals surface area contributed by atoms with Gasteiger partial charge in [0.05, 0.1) is 0 Å². The molecule has 0 saturated carbocycles. The maximum absolute atomic E-state index is 12.2. The molecular weight excluding hydrogens is 495 g/mol. The van der Waals surface area contributed by atoms with Crippen molar-refractivity contribution in [1.82, 2.24) is 0 Å². The van der Waals surface area contributed by atoms with Crippen molar-refractivity contribution in [2.75, 3.05) is 18.0 Å². The topological polar surface area (TPSA) is 64.3 Å². The number of pyridine rings is 1. The zero-order valence-corrected chi connectivity index (χ0v) is 18.6. The standard InChI is InChI=1S/C14H23N2.C4HF9O3S/c1-14(2,3)12-15-10-6-13(7-11-15)16-8-4-5-9-16;5-1(6,3(9,10)11)2(7,8)4(12,13)17(14,15)16/h6-7,10-11H,4-5,8-9,12H2,1-3H3;(H,14,15,16)/q+1;/p-1.